The Kier molecular flexibility index (Phi) is 8.67. The SMILES string of the molecule is Cc1ccc(Cl)c2sc(N(CCN3CCOCC3)C(=O)COc3ccc(F)cc3)nc12.Cl. The highest BCUT2D eigenvalue weighted by Crippen LogP contribution is 2.35. The van der Waals surface area contributed by atoms with Gasteiger partial charge in [-0.1, -0.05) is 29.0 Å². The molecule has 0 spiro atoms. The number of thiazole rings is 1. The number of amides is 1. The number of hydrogen-bond donors (Lipinski definition) is 0. The van der Waals surface area contributed by atoms with Crippen LogP contribution in [0.15, 0.2) is 36.4 Å². The number of anilines is 1. The van der Waals surface area contributed by atoms with Crippen molar-refractivity contribution >= 4 is 56.6 Å². The molecule has 32 heavy (non-hydrogen) atoms. The molecule has 1 amide bonds. The molecule has 1 aromatic heterocycles. The average molecular weight is 500 g/mol. The Morgan fingerprint density at radius 2 is 1.97 bits per heavy atom. The fourth-order valence-electron chi connectivity index (χ4n) is 3.35. The molecule has 1 fully saturated rings. The van der Waals surface area contributed by atoms with Gasteiger partial charge in [0.1, 0.15) is 11.6 Å². The second-order valence-electron chi connectivity index (χ2n) is 7.28. The third-order valence-electron chi connectivity index (χ3n) is 5.14. The number of fused-ring (bicyclic) bond motifs is 1. The molecule has 0 radical (unpaired) electrons. The van der Waals surface area contributed by atoms with E-state index in [0.717, 1.165) is 28.9 Å². The van der Waals surface area contributed by atoms with Crippen molar-refractivity contribution in [1.82, 2.24) is 9.88 Å². The quantitative estimate of drug-likeness (QED) is 0.476. The van der Waals surface area contributed by atoms with Crippen molar-refractivity contribution in [3.8, 4) is 5.75 Å². The molecule has 3 aromatic rings. The Balaban J connectivity index is 0.00000289. The third-order valence-corrected chi connectivity index (χ3v) is 6.68. The summed E-state index contributed by atoms with van der Waals surface area (Å²) in [6.45, 7) is 6.03. The topological polar surface area (TPSA) is 54.9 Å². The zero-order valence-corrected chi connectivity index (χ0v) is 19.9. The second kappa shape index (κ2) is 11.2. The first-order valence-electron chi connectivity index (χ1n) is 10.1. The van der Waals surface area contributed by atoms with Gasteiger partial charge < -0.3 is 9.47 Å². The highest BCUT2D eigenvalue weighted by Gasteiger charge is 2.23. The second-order valence-corrected chi connectivity index (χ2v) is 8.67. The van der Waals surface area contributed by atoms with Crippen LogP contribution < -0.4 is 9.64 Å². The van der Waals surface area contributed by atoms with E-state index < -0.39 is 0 Å². The molecular formula is C22H24Cl2FN3O3S. The summed E-state index contributed by atoms with van der Waals surface area (Å²) < 4.78 is 25.0. The molecule has 2 aromatic carbocycles. The maximum absolute atomic E-state index is 13.1. The van der Waals surface area contributed by atoms with Crippen LogP contribution in [0.25, 0.3) is 10.2 Å². The maximum Gasteiger partial charge on any atom is 0.266 e. The molecule has 0 aliphatic carbocycles. The first kappa shape index (κ1) is 24.7. The number of carbonyl (C=O) groups is 1. The Labute approximate surface area is 201 Å². The van der Waals surface area contributed by atoms with Gasteiger partial charge in [0.05, 0.1) is 28.5 Å². The van der Waals surface area contributed by atoms with Crippen LogP contribution >= 0.6 is 35.3 Å². The lowest BCUT2D eigenvalue weighted by Gasteiger charge is -2.29. The summed E-state index contributed by atoms with van der Waals surface area (Å²) >= 11 is 7.77. The molecule has 0 N–H and O–H groups in total. The predicted octanol–water partition coefficient (Wildman–Crippen LogP) is 4.56. The molecule has 1 aliphatic heterocycles. The van der Waals surface area contributed by atoms with Crippen LogP contribution in [0.3, 0.4) is 0 Å². The van der Waals surface area contributed by atoms with Crippen LogP contribution in [0.5, 0.6) is 5.75 Å². The molecule has 0 bridgehead atoms. The minimum Gasteiger partial charge on any atom is -0.484 e. The Bertz CT molecular complexity index is 1020. The molecule has 1 aliphatic rings. The molecule has 0 atom stereocenters. The fourth-order valence-corrected chi connectivity index (χ4v) is 4.71. The van der Waals surface area contributed by atoms with E-state index in [1.807, 2.05) is 19.1 Å². The summed E-state index contributed by atoms with van der Waals surface area (Å²) in [5, 5.41) is 1.21. The lowest BCUT2D eigenvalue weighted by molar-refractivity contribution is -0.120. The van der Waals surface area contributed by atoms with Gasteiger partial charge in [-0.3, -0.25) is 14.6 Å². The van der Waals surface area contributed by atoms with Gasteiger partial charge in [0.25, 0.3) is 5.91 Å². The van der Waals surface area contributed by atoms with Crippen molar-refractivity contribution in [2.24, 2.45) is 0 Å². The standard InChI is InChI=1S/C22H23ClFN3O3S.ClH/c1-15-2-7-18(23)21-20(15)25-22(31-21)27(9-8-26-10-12-29-13-11-26)19(28)14-30-17-5-3-16(24)4-6-17;/h2-7H,8-14H2,1H3;1H. The molecular weight excluding hydrogens is 476 g/mol. The van der Waals surface area contributed by atoms with Crippen LogP contribution in [0.4, 0.5) is 9.52 Å². The average Bonchev–Trinajstić information content (AvgIpc) is 3.23. The third kappa shape index (κ3) is 5.88. The molecule has 1 saturated heterocycles. The Hall–Kier alpha value is -1.97. The van der Waals surface area contributed by atoms with Crippen molar-refractivity contribution < 1.29 is 18.7 Å². The van der Waals surface area contributed by atoms with Gasteiger partial charge in [0, 0.05) is 26.2 Å². The van der Waals surface area contributed by atoms with Crippen LogP contribution in [0.1, 0.15) is 5.56 Å². The summed E-state index contributed by atoms with van der Waals surface area (Å²) in [6.07, 6.45) is 0. The molecule has 0 saturated carbocycles. The summed E-state index contributed by atoms with van der Waals surface area (Å²) in [6, 6.07) is 9.37. The van der Waals surface area contributed by atoms with Gasteiger partial charge in [-0.05, 0) is 42.8 Å². The zero-order valence-electron chi connectivity index (χ0n) is 17.6. The first-order chi connectivity index (χ1) is 15.0. The largest absolute Gasteiger partial charge is 0.484 e. The number of aromatic nitrogens is 1. The number of nitrogens with zero attached hydrogens (tertiary/aromatic N) is 3. The summed E-state index contributed by atoms with van der Waals surface area (Å²) in [5.74, 6) is -0.135. The van der Waals surface area contributed by atoms with Crippen molar-refractivity contribution in [3.63, 3.8) is 0 Å². The minimum absolute atomic E-state index is 0. The van der Waals surface area contributed by atoms with Gasteiger partial charge >= 0.3 is 0 Å². The molecule has 6 nitrogen and oxygen atoms in total. The number of rotatable bonds is 7. The summed E-state index contributed by atoms with van der Waals surface area (Å²) in [5.41, 5.74) is 1.81. The van der Waals surface area contributed by atoms with Gasteiger partial charge in [-0.15, -0.1) is 12.4 Å². The normalized spacial score (nSPS) is 14.2. The van der Waals surface area contributed by atoms with Crippen LogP contribution in [-0.4, -0.2) is 61.8 Å². The number of ether oxygens (including phenoxy) is 2. The lowest BCUT2D eigenvalue weighted by atomic mass is 10.2. The maximum atomic E-state index is 13.1. The first-order valence-corrected chi connectivity index (χ1v) is 11.2. The van der Waals surface area contributed by atoms with Crippen LogP contribution in [0.2, 0.25) is 5.02 Å². The highest BCUT2D eigenvalue weighted by atomic mass is 35.5. The molecule has 2 heterocycles. The summed E-state index contributed by atoms with van der Waals surface area (Å²) in [4.78, 5) is 21.7. The van der Waals surface area contributed by atoms with E-state index in [4.69, 9.17) is 26.1 Å². The molecule has 172 valence electrons. The summed E-state index contributed by atoms with van der Waals surface area (Å²) in [7, 11) is 0. The van der Waals surface area contributed by atoms with Gasteiger partial charge in [0.15, 0.2) is 11.7 Å². The van der Waals surface area contributed by atoms with Crippen molar-refractivity contribution in [1.29, 1.82) is 0 Å². The van der Waals surface area contributed by atoms with E-state index in [0.29, 0.717) is 42.2 Å². The number of halogens is 3. The van der Waals surface area contributed by atoms with E-state index >= 15 is 0 Å². The van der Waals surface area contributed by atoms with Crippen molar-refractivity contribution in [3.05, 3.63) is 52.8 Å². The number of benzene rings is 2. The van der Waals surface area contributed by atoms with Gasteiger partial charge in [-0.2, -0.15) is 0 Å². The number of aryl methyl sites for hydroxylation is 1. The van der Waals surface area contributed by atoms with Crippen molar-refractivity contribution in [2.45, 2.75) is 6.92 Å². The molecule has 4 rings (SSSR count). The zero-order chi connectivity index (χ0) is 21.8. The smallest absolute Gasteiger partial charge is 0.266 e. The van der Waals surface area contributed by atoms with Crippen LogP contribution in [-0.2, 0) is 9.53 Å². The van der Waals surface area contributed by atoms with E-state index in [9.17, 15) is 9.18 Å². The van der Waals surface area contributed by atoms with Crippen LogP contribution in [0, 0.1) is 12.7 Å². The van der Waals surface area contributed by atoms with E-state index in [2.05, 4.69) is 4.90 Å². The number of morpholine rings is 1. The molecule has 0 unspecified atom stereocenters. The lowest BCUT2D eigenvalue weighted by Crippen LogP contribution is -2.44. The number of carbonyl (C=O) groups excluding carboxylic acids is 1. The Morgan fingerprint density at radius 1 is 1.25 bits per heavy atom. The predicted molar refractivity (Wildman–Crippen MR) is 128 cm³/mol. The van der Waals surface area contributed by atoms with Gasteiger partial charge in [0.2, 0.25) is 0 Å². The molecule has 10 heteroatoms. The van der Waals surface area contributed by atoms with E-state index in [1.165, 1.54) is 35.6 Å². The van der Waals surface area contributed by atoms with Crippen molar-refractivity contribution in [2.75, 3.05) is 50.9 Å². The monoisotopic (exact) mass is 499 g/mol. The van der Waals surface area contributed by atoms with Gasteiger partial charge in [-0.25, -0.2) is 9.37 Å². The Morgan fingerprint density at radius 3 is 2.66 bits per heavy atom. The fraction of sp³-hybridized carbons (Fsp3) is 0.364. The van der Waals surface area contributed by atoms with E-state index in [1.54, 1.807) is 4.90 Å². The number of hydrogen-bond acceptors (Lipinski definition) is 6. The van der Waals surface area contributed by atoms with E-state index in [-0.39, 0.29) is 30.7 Å². The minimum atomic E-state index is -0.354. The highest BCUT2D eigenvalue weighted by molar-refractivity contribution is 7.23.